The summed E-state index contributed by atoms with van der Waals surface area (Å²) in [7, 11) is 0. The number of carbonyl (C=O) groups is 2. The van der Waals surface area contributed by atoms with Gasteiger partial charge in [0.2, 0.25) is 5.91 Å². The number of nitrogens with two attached hydrogens (primary N) is 1. The number of primary amides is 1. The van der Waals surface area contributed by atoms with Crippen LogP contribution in [-0.4, -0.2) is 17.9 Å². The summed E-state index contributed by atoms with van der Waals surface area (Å²) in [6, 6.07) is 2.01. The summed E-state index contributed by atoms with van der Waals surface area (Å²) in [5.74, 6) is -3.42. The van der Waals surface area contributed by atoms with Gasteiger partial charge in [-0.2, -0.15) is 0 Å². The highest BCUT2D eigenvalue weighted by Crippen LogP contribution is 2.10. The highest BCUT2D eigenvalue weighted by Gasteiger charge is 2.19. The minimum Gasteiger partial charge on any atom is -0.368 e. The Bertz CT molecular complexity index is 506. The number of carbonyl (C=O) groups excluding carboxylic acids is 2. The van der Waals surface area contributed by atoms with Crippen LogP contribution in [0.25, 0.3) is 0 Å². The summed E-state index contributed by atoms with van der Waals surface area (Å²) >= 11 is 0. The molecule has 0 fully saturated rings. The minimum absolute atomic E-state index is 0.0475. The molecule has 4 nitrogen and oxygen atoms in total. The van der Waals surface area contributed by atoms with Gasteiger partial charge in [0.05, 0.1) is 0 Å². The zero-order valence-electron chi connectivity index (χ0n) is 12.0. The van der Waals surface area contributed by atoms with Crippen LogP contribution in [0.4, 0.5) is 8.78 Å². The van der Waals surface area contributed by atoms with Crippen molar-refractivity contribution in [1.82, 2.24) is 5.32 Å². The zero-order chi connectivity index (χ0) is 15.8. The summed E-state index contributed by atoms with van der Waals surface area (Å²) in [5, 5.41) is 2.45. The van der Waals surface area contributed by atoms with E-state index in [9.17, 15) is 18.4 Å². The first-order chi connectivity index (χ1) is 9.95. The van der Waals surface area contributed by atoms with Gasteiger partial charge in [0, 0.05) is 5.56 Å². The molecule has 0 heterocycles. The molecule has 0 saturated carbocycles. The van der Waals surface area contributed by atoms with Gasteiger partial charge in [0.1, 0.15) is 6.04 Å². The van der Waals surface area contributed by atoms with E-state index in [1.54, 1.807) is 0 Å². The third-order valence-electron chi connectivity index (χ3n) is 3.18. The fourth-order valence-corrected chi connectivity index (χ4v) is 1.94. The van der Waals surface area contributed by atoms with Gasteiger partial charge in [0.15, 0.2) is 11.6 Å². The quantitative estimate of drug-likeness (QED) is 0.724. The maximum atomic E-state index is 13.1. The Labute approximate surface area is 122 Å². The summed E-state index contributed by atoms with van der Waals surface area (Å²) in [6.45, 7) is 2.07. The van der Waals surface area contributed by atoms with Gasteiger partial charge < -0.3 is 11.1 Å². The molecule has 1 atom stereocenters. The van der Waals surface area contributed by atoms with Crippen molar-refractivity contribution in [2.24, 2.45) is 5.73 Å². The third-order valence-corrected chi connectivity index (χ3v) is 3.18. The predicted octanol–water partition coefficient (Wildman–Crippen LogP) is 2.52. The van der Waals surface area contributed by atoms with Gasteiger partial charge in [-0.25, -0.2) is 8.78 Å². The highest BCUT2D eigenvalue weighted by molar-refractivity contribution is 5.97. The Kier molecular flexibility index (Phi) is 6.78. The van der Waals surface area contributed by atoms with Gasteiger partial charge >= 0.3 is 0 Å². The Balaban J connectivity index is 2.63. The molecule has 2 amide bonds. The first-order valence-corrected chi connectivity index (χ1v) is 7.01. The van der Waals surface area contributed by atoms with Crippen LogP contribution in [0.2, 0.25) is 0 Å². The van der Waals surface area contributed by atoms with Crippen LogP contribution < -0.4 is 11.1 Å². The molecule has 0 radical (unpaired) electrons. The van der Waals surface area contributed by atoms with Crippen molar-refractivity contribution in [2.45, 2.75) is 45.1 Å². The van der Waals surface area contributed by atoms with E-state index in [0.29, 0.717) is 6.42 Å². The van der Waals surface area contributed by atoms with E-state index >= 15 is 0 Å². The van der Waals surface area contributed by atoms with E-state index in [4.69, 9.17) is 5.73 Å². The van der Waals surface area contributed by atoms with Crippen LogP contribution in [0.5, 0.6) is 0 Å². The standard InChI is InChI=1S/C15H20F2N2O2/c1-2-3-4-5-6-13(14(18)20)19-15(21)10-7-8-11(16)12(17)9-10/h7-9,13H,2-6H2,1H3,(H2,18,20)(H,19,21)/t13-/m1/s1. The number of amides is 2. The van der Waals surface area contributed by atoms with Crippen LogP contribution in [0.15, 0.2) is 18.2 Å². The van der Waals surface area contributed by atoms with Gasteiger partial charge in [-0.05, 0) is 24.6 Å². The zero-order valence-corrected chi connectivity index (χ0v) is 12.0. The highest BCUT2D eigenvalue weighted by atomic mass is 19.2. The fraction of sp³-hybridized carbons (Fsp3) is 0.467. The smallest absolute Gasteiger partial charge is 0.252 e. The predicted molar refractivity (Wildman–Crippen MR) is 75.6 cm³/mol. The van der Waals surface area contributed by atoms with E-state index in [0.717, 1.165) is 43.9 Å². The number of unbranched alkanes of at least 4 members (excludes halogenated alkanes) is 3. The average molecular weight is 298 g/mol. The second-order valence-electron chi connectivity index (χ2n) is 4.91. The normalized spacial score (nSPS) is 12.0. The molecule has 0 aromatic heterocycles. The van der Waals surface area contributed by atoms with Crippen molar-refractivity contribution in [3.63, 3.8) is 0 Å². The van der Waals surface area contributed by atoms with E-state index in [1.807, 2.05) is 0 Å². The largest absolute Gasteiger partial charge is 0.368 e. The van der Waals surface area contributed by atoms with Gasteiger partial charge in [-0.15, -0.1) is 0 Å². The molecule has 6 heteroatoms. The average Bonchev–Trinajstić information content (AvgIpc) is 2.44. The van der Waals surface area contributed by atoms with Crippen molar-refractivity contribution in [2.75, 3.05) is 0 Å². The Morgan fingerprint density at radius 1 is 1.19 bits per heavy atom. The lowest BCUT2D eigenvalue weighted by Gasteiger charge is -2.15. The fourth-order valence-electron chi connectivity index (χ4n) is 1.94. The number of hydrogen-bond acceptors (Lipinski definition) is 2. The van der Waals surface area contributed by atoms with E-state index < -0.39 is 29.5 Å². The van der Waals surface area contributed by atoms with Crippen LogP contribution in [0.3, 0.4) is 0 Å². The SMILES string of the molecule is CCCCCC[C@@H](NC(=O)c1ccc(F)c(F)c1)C(N)=O. The molecule has 0 aliphatic rings. The van der Waals surface area contributed by atoms with Crippen LogP contribution in [0, 0.1) is 11.6 Å². The van der Waals surface area contributed by atoms with Crippen LogP contribution in [0.1, 0.15) is 49.4 Å². The maximum Gasteiger partial charge on any atom is 0.252 e. The maximum absolute atomic E-state index is 13.1. The lowest BCUT2D eigenvalue weighted by molar-refractivity contribution is -0.120. The lowest BCUT2D eigenvalue weighted by atomic mass is 10.1. The molecule has 1 aromatic carbocycles. The monoisotopic (exact) mass is 298 g/mol. The van der Waals surface area contributed by atoms with E-state index in [1.165, 1.54) is 0 Å². The topological polar surface area (TPSA) is 72.2 Å². The van der Waals surface area contributed by atoms with Crippen molar-refractivity contribution in [3.8, 4) is 0 Å². The molecular weight excluding hydrogens is 278 g/mol. The second-order valence-corrected chi connectivity index (χ2v) is 4.91. The van der Waals surface area contributed by atoms with Crippen molar-refractivity contribution < 1.29 is 18.4 Å². The number of nitrogens with one attached hydrogen (secondary N) is 1. The molecule has 116 valence electrons. The van der Waals surface area contributed by atoms with Crippen LogP contribution in [-0.2, 0) is 4.79 Å². The van der Waals surface area contributed by atoms with Gasteiger partial charge in [0.25, 0.3) is 5.91 Å². The lowest BCUT2D eigenvalue weighted by Crippen LogP contribution is -2.44. The number of halogens is 2. The number of rotatable bonds is 8. The first kappa shape index (κ1) is 17.1. The summed E-state index contributed by atoms with van der Waals surface area (Å²) in [5.41, 5.74) is 5.20. The Morgan fingerprint density at radius 3 is 2.48 bits per heavy atom. The molecule has 0 spiro atoms. The van der Waals surface area contributed by atoms with Crippen molar-refractivity contribution in [1.29, 1.82) is 0 Å². The molecule has 0 unspecified atom stereocenters. The second kappa shape index (κ2) is 8.34. The van der Waals surface area contributed by atoms with Gasteiger partial charge in [-0.1, -0.05) is 32.6 Å². The Morgan fingerprint density at radius 2 is 1.90 bits per heavy atom. The molecule has 0 saturated heterocycles. The molecule has 21 heavy (non-hydrogen) atoms. The molecule has 0 aliphatic heterocycles. The Hall–Kier alpha value is -1.98. The van der Waals surface area contributed by atoms with E-state index in [2.05, 4.69) is 12.2 Å². The molecule has 1 rings (SSSR count). The summed E-state index contributed by atoms with van der Waals surface area (Å²) in [6.07, 6.45) is 4.25. The summed E-state index contributed by atoms with van der Waals surface area (Å²) in [4.78, 5) is 23.2. The molecular formula is C15H20F2N2O2. The van der Waals surface area contributed by atoms with E-state index in [-0.39, 0.29) is 5.56 Å². The molecule has 3 N–H and O–H groups in total. The molecule has 1 aromatic rings. The first-order valence-electron chi connectivity index (χ1n) is 7.01. The summed E-state index contributed by atoms with van der Waals surface area (Å²) < 4.78 is 25.9. The third kappa shape index (κ3) is 5.49. The van der Waals surface area contributed by atoms with Crippen LogP contribution >= 0.6 is 0 Å². The molecule has 0 bridgehead atoms. The van der Waals surface area contributed by atoms with Crippen molar-refractivity contribution in [3.05, 3.63) is 35.4 Å². The number of hydrogen-bond donors (Lipinski definition) is 2. The minimum atomic E-state index is -1.11. The van der Waals surface area contributed by atoms with Crippen molar-refractivity contribution >= 4 is 11.8 Å². The molecule has 0 aliphatic carbocycles. The van der Waals surface area contributed by atoms with Gasteiger partial charge in [-0.3, -0.25) is 9.59 Å². The number of benzene rings is 1.